The van der Waals surface area contributed by atoms with Crippen molar-refractivity contribution in [1.82, 2.24) is 0 Å². The first kappa shape index (κ1) is 13.6. The van der Waals surface area contributed by atoms with Gasteiger partial charge < -0.3 is 9.53 Å². The number of hydrogen-bond donors (Lipinski definition) is 0. The summed E-state index contributed by atoms with van der Waals surface area (Å²) in [6.45, 7) is 3.69. The van der Waals surface area contributed by atoms with Gasteiger partial charge in [-0.3, -0.25) is 4.79 Å². The SMILES string of the molecule is CCCC[C@@]12C[C@@H]1C[C@H](CC=O)[C@H](OC(C)=O)C2. The third kappa shape index (κ3) is 2.76. The maximum atomic E-state index is 11.2. The summed E-state index contributed by atoms with van der Waals surface area (Å²) in [5, 5.41) is 0. The van der Waals surface area contributed by atoms with Crippen molar-refractivity contribution in [3.63, 3.8) is 0 Å². The molecule has 2 fully saturated rings. The van der Waals surface area contributed by atoms with Crippen molar-refractivity contribution < 1.29 is 14.3 Å². The van der Waals surface area contributed by atoms with Crippen molar-refractivity contribution in [2.24, 2.45) is 17.3 Å². The number of ether oxygens (including phenoxy) is 1. The van der Waals surface area contributed by atoms with E-state index in [0.717, 1.165) is 25.0 Å². The maximum absolute atomic E-state index is 11.2. The standard InChI is InChI=1S/C15H24O3/c1-3-4-6-15-9-13(15)8-12(5-7-16)14(10-15)18-11(2)17/h7,12-14H,3-6,8-10H2,1-2H3/t12-,13-,14+,15-/m0/s1. The number of unbranched alkanes of at least 4 members (excludes halogenated alkanes) is 1. The van der Waals surface area contributed by atoms with Crippen LogP contribution in [0.3, 0.4) is 0 Å². The van der Waals surface area contributed by atoms with E-state index in [-0.39, 0.29) is 18.0 Å². The van der Waals surface area contributed by atoms with Gasteiger partial charge in [0.05, 0.1) is 0 Å². The third-order valence-electron chi connectivity index (χ3n) is 4.82. The summed E-state index contributed by atoms with van der Waals surface area (Å²) in [4.78, 5) is 21.9. The summed E-state index contributed by atoms with van der Waals surface area (Å²) < 4.78 is 5.46. The van der Waals surface area contributed by atoms with Crippen LogP contribution in [-0.2, 0) is 14.3 Å². The van der Waals surface area contributed by atoms with Gasteiger partial charge in [-0.15, -0.1) is 0 Å². The Morgan fingerprint density at radius 1 is 1.44 bits per heavy atom. The summed E-state index contributed by atoms with van der Waals surface area (Å²) >= 11 is 0. The molecule has 4 atom stereocenters. The maximum Gasteiger partial charge on any atom is 0.302 e. The molecule has 3 heteroatoms. The molecule has 2 aliphatic rings. The average molecular weight is 252 g/mol. The monoisotopic (exact) mass is 252 g/mol. The van der Waals surface area contributed by atoms with Gasteiger partial charge in [-0.05, 0) is 37.0 Å². The summed E-state index contributed by atoms with van der Waals surface area (Å²) in [5.41, 5.74) is 0.440. The predicted molar refractivity (Wildman–Crippen MR) is 69.0 cm³/mol. The summed E-state index contributed by atoms with van der Waals surface area (Å²) in [6, 6.07) is 0. The van der Waals surface area contributed by atoms with E-state index >= 15 is 0 Å². The molecule has 0 heterocycles. The number of aldehydes is 1. The Balaban J connectivity index is 1.99. The first-order valence-corrected chi connectivity index (χ1v) is 7.22. The smallest absolute Gasteiger partial charge is 0.302 e. The van der Waals surface area contributed by atoms with Crippen molar-refractivity contribution in [3.05, 3.63) is 0 Å². The summed E-state index contributed by atoms with van der Waals surface area (Å²) in [6.07, 6.45) is 8.58. The normalized spacial score (nSPS) is 37.8. The lowest BCUT2D eigenvalue weighted by atomic mass is 9.76. The van der Waals surface area contributed by atoms with Crippen LogP contribution in [0.1, 0.15) is 58.8 Å². The average Bonchev–Trinajstić information content (AvgIpc) is 3.00. The van der Waals surface area contributed by atoms with Crippen LogP contribution in [0.15, 0.2) is 0 Å². The Morgan fingerprint density at radius 2 is 2.22 bits per heavy atom. The number of carbonyl (C=O) groups excluding carboxylic acids is 2. The first-order valence-electron chi connectivity index (χ1n) is 7.22. The molecule has 18 heavy (non-hydrogen) atoms. The highest BCUT2D eigenvalue weighted by Crippen LogP contribution is 2.65. The zero-order valence-electron chi connectivity index (χ0n) is 11.5. The van der Waals surface area contributed by atoms with Gasteiger partial charge in [0.1, 0.15) is 12.4 Å². The molecule has 0 unspecified atom stereocenters. The lowest BCUT2D eigenvalue weighted by Gasteiger charge is -2.34. The Morgan fingerprint density at radius 3 is 2.83 bits per heavy atom. The zero-order chi connectivity index (χ0) is 13.2. The van der Waals surface area contributed by atoms with Crippen LogP contribution in [0.5, 0.6) is 0 Å². The van der Waals surface area contributed by atoms with Crippen molar-refractivity contribution in [1.29, 1.82) is 0 Å². The predicted octanol–water partition coefficient (Wildman–Crippen LogP) is 3.11. The Labute approximate surface area is 109 Å². The van der Waals surface area contributed by atoms with Crippen LogP contribution in [-0.4, -0.2) is 18.4 Å². The van der Waals surface area contributed by atoms with E-state index in [1.165, 1.54) is 32.6 Å². The fourth-order valence-electron chi connectivity index (χ4n) is 3.76. The number of esters is 1. The van der Waals surface area contributed by atoms with Gasteiger partial charge in [-0.25, -0.2) is 0 Å². The molecule has 0 amide bonds. The molecular formula is C15H24O3. The van der Waals surface area contributed by atoms with Gasteiger partial charge in [0.25, 0.3) is 0 Å². The third-order valence-corrected chi connectivity index (χ3v) is 4.82. The Hall–Kier alpha value is -0.860. The Bertz CT molecular complexity index is 326. The molecule has 0 bridgehead atoms. The van der Waals surface area contributed by atoms with Crippen LogP contribution in [0.4, 0.5) is 0 Å². The first-order chi connectivity index (χ1) is 8.61. The lowest BCUT2D eigenvalue weighted by Crippen LogP contribution is -2.34. The second kappa shape index (κ2) is 5.41. The van der Waals surface area contributed by atoms with Gasteiger partial charge in [-0.1, -0.05) is 19.8 Å². The van der Waals surface area contributed by atoms with Crippen molar-refractivity contribution in [2.45, 2.75) is 64.9 Å². The molecule has 3 nitrogen and oxygen atoms in total. The van der Waals surface area contributed by atoms with Gasteiger partial charge in [0, 0.05) is 19.3 Å². The molecule has 2 aliphatic carbocycles. The van der Waals surface area contributed by atoms with E-state index in [4.69, 9.17) is 4.74 Å². The number of hydrogen-bond acceptors (Lipinski definition) is 3. The fraction of sp³-hybridized carbons (Fsp3) is 0.867. The molecule has 102 valence electrons. The van der Waals surface area contributed by atoms with Crippen molar-refractivity contribution >= 4 is 12.3 Å². The molecule has 0 aromatic carbocycles. The number of fused-ring (bicyclic) bond motifs is 1. The highest BCUT2D eigenvalue weighted by molar-refractivity contribution is 5.66. The fourth-order valence-corrected chi connectivity index (χ4v) is 3.76. The highest BCUT2D eigenvalue weighted by Gasteiger charge is 2.59. The topological polar surface area (TPSA) is 43.4 Å². The minimum atomic E-state index is -0.208. The van der Waals surface area contributed by atoms with Crippen molar-refractivity contribution in [2.75, 3.05) is 0 Å². The molecule has 0 aliphatic heterocycles. The molecule has 0 aromatic heterocycles. The Kier molecular flexibility index (Phi) is 4.08. The van der Waals surface area contributed by atoms with Crippen LogP contribution in [0.2, 0.25) is 0 Å². The lowest BCUT2D eigenvalue weighted by molar-refractivity contribution is -0.153. The van der Waals surface area contributed by atoms with Crippen molar-refractivity contribution in [3.8, 4) is 0 Å². The van der Waals surface area contributed by atoms with Gasteiger partial charge in [0.15, 0.2) is 0 Å². The molecule has 0 spiro atoms. The molecule has 2 saturated carbocycles. The molecule has 0 radical (unpaired) electrons. The van der Waals surface area contributed by atoms with Gasteiger partial charge in [0.2, 0.25) is 0 Å². The largest absolute Gasteiger partial charge is 0.462 e. The molecular weight excluding hydrogens is 228 g/mol. The van der Waals surface area contributed by atoms with Crippen LogP contribution in [0, 0.1) is 17.3 Å². The minimum absolute atomic E-state index is 0.0247. The van der Waals surface area contributed by atoms with Crippen LogP contribution >= 0.6 is 0 Å². The zero-order valence-corrected chi connectivity index (χ0v) is 11.5. The van der Waals surface area contributed by atoms with E-state index in [2.05, 4.69) is 6.92 Å². The second-order valence-electron chi connectivity index (χ2n) is 6.12. The molecule has 0 saturated heterocycles. The van der Waals surface area contributed by atoms with E-state index in [0.29, 0.717) is 11.8 Å². The second-order valence-corrected chi connectivity index (χ2v) is 6.12. The van der Waals surface area contributed by atoms with Crippen LogP contribution < -0.4 is 0 Å². The summed E-state index contributed by atoms with van der Waals surface area (Å²) in [5.74, 6) is 0.829. The van der Waals surface area contributed by atoms with E-state index in [9.17, 15) is 9.59 Å². The summed E-state index contributed by atoms with van der Waals surface area (Å²) in [7, 11) is 0. The quantitative estimate of drug-likeness (QED) is 0.539. The van der Waals surface area contributed by atoms with E-state index in [1.54, 1.807) is 0 Å². The minimum Gasteiger partial charge on any atom is -0.462 e. The van der Waals surface area contributed by atoms with E-state index in [1.807, 2.05) is 0 Å². The number of carbonyl (C=O) groups is 2. The number of rotatable bonds is 6. The van der Waals surface area contributed by atoms with E-state index < -0.39 is 0 Å². The van der Waals surface area contributed by atoms with Gasteiger partial charge in [-0.2, -0.15) is 0 Å². The molecule has 0 N–H and O–H groups in total. The van der Waals surface area contributed by atoms with Gasteiger partial charge >= 0.3 is 5.97 Å². The highest BCUT2D eigenvalue weighted by atomic mass is 16.5. The van der Waals surface area contributed by atoms with Crippen LogP contribution in [0.25, 0.3) is 0 Å². The molecule has 2 rings (SSSR count). The molecule has 0 aromatic rings.